The summed E-state index contributed by atoms with van der Waals surface area (Å²) in [4.78, 5) is 12.5. The van der Waals surface area contributed by atoms with Crippen molar-refractivity contribution < 1.29 is 0 Å². The maximum absolute atomic E-state index is 4.66. The van der Waals surface area contributed by atoms with Crippen LogP contribution in [0, 0.1) is 6.92 Å². The number of fused-ring (bicyclic) bond motifs is 2. The van der Waals surface area contributed by atoms with Crippen molar-refractivity contribution in [3.05, 3.63) is 53.5 Å². The van der Waals surface area contributed by atoms with Crippen molar-refractivity contribution in [2.75, 3.05) is 11.9 Å². The van der Waals surface area contributed by atoms with Gasteiger partial charge < -0.3 is 10.3 Å². The zero-order chi connectivity index (χ0) is 13.5. The average Bonchev–Trinajstić information content (AvgIpc) is 2.89. The summed E-state index contributed by atoms with van der Waals surface area (Å²) in [6.07, 6.45) is 1.02. The minimum absolute atomic E-state index is 0.374. The van der Waals surface area contributed by atoms with Gasteiger partial charge in [-0.2, -0.15) is 0 Å². The summed E-state index contributed by atoms with van der Waals surface area (Å²) in [5, 5.41) is 3.49. The number of hydrogen-bond donors (Lipinski definition) is 2. The first-order chi connectivity index (χ1) is 9.79. The molecule has 4 nitrogen and oxygen atoms in total. The van der Waals surface area contributed by atoms with E-state index in [-0.39, 0.29) is 0 Å². The van der Waals surface area contributed by atoms with E-state index < -0.39 is 0 Å². The van der Waals surface area contributed by atoms with Crippen molar-refractivity contribution in [3.8, 4) is 0 Å². The zero-order valence-electron chi connectivity index (χ0n) is 11.4. The molecule has 3 aromatic rings. The number of nitrogens with zero attached hydrogens (tertiary/aromatic N) is 2. The molecule has 1 aliphatic rings. The maximum Gasteiger partial charge on any atom is 0.177 e. The molecular weight excluding hydrogens is 248 g/mol. The third kappa shape index (κ3) is 1.84. The molecule has 0 radical (unpaired) electrons. The van der Waals surface area contributed by atoms with Crippen LogP contribution in [0.25, 0.3) is 11.2 Å². The third-order valence-corrected chi connectivity index (χ3v) is 3.91. The van der Waals surface area contributed by atoms with Crippen LogP contribution in [0.2, 0.25) is 0 Å². The highest BCUT2D eigenvalue weighted by Gasteiger charge is 2.22. The first kappa shape index (κ1) is 11.5. The van der Waals surface area contributed by atoms with E-state index in [1.165, 1.54) is 11.3 Å². The van der Waals surface area contributed by atoms with Gasteiger partial charge in [0.05, 0.1) is 5.52 Å². The number of aromatic amines is 1. The second kappa shape index (κ2) is 4.34. The average molecular weight is 264 g/mol. The van der Waals surface area contributed by atoms with Gasteiger partial charge in [0, 0.05) is 23.8 Å². The fourth-order valence-corrected chi connectivity index (χ4v) is 2.83. The lowest BCUT2D eigenvalue weighted by atomic mass is 9.93. The van der Waals surface area contributed by atoms with E-state index in [2.05, 4.69) is 50.6 Å². The number of aryl methyl sites for hydroxylation is 1. The molecule has 20 heavy (non-hydrogen) atoms. The molecule has 1 atom stereocenters. The molecule has 4 heteroatoms. The zero-order valence-corrected chi connectivity index (χ0v) is 11.4. The molecule has 0 saturated carbocycles. The van der Waals surface area contributed by atoms with E-state index in [9.17, 15) is 0 Å². The van der Waals surface area contributed by atoms with Crippen LogP contribution in [-0.4, -0.2) is 21.5 Å². The quantitative estimate of drug-likeness (QED) is 0.710. The maximum atomic E-state index is 4.66. The number of benzene rings is 1. The normalized spacial score (nSPS) is 17.8. The van der Waals surface area contributed by atoms with Crippen LogP contribution < -0.4 is 5.32 Å². The Hall–Kier alpha value is -2.36. The summed E-state index contributed by atoms with van der Waals surface area (Å²) < 4.78 is 0. The molecule has 0 amide bonds. The number of rotatable bonds is 1. The van der Waals surface area contributed by atoms with Gasteiger partial charge in [-0.05, 0) is 37.1 Å². The Labute approximate surface area is 117 Å². The number of imidazole rings is 1. The summed E-state index contributed by atoms with van der Waals surface area (Å²) in [6, 6.07) is 12.5. The predicted octanol–water partition coefficient (Wildman–Crippen LogP) is 3.02. The largest absolute Gasteiger partial charge is 0.384 e. The van der Waals surface area contributed by atoms with Crippen molar-refractivity contribution in [2.45, 2.75) is 19.3 Å². The molecule has 2 aromatic heterocycles. The molecule has 4 rings (SSSR count). The number of para-hydroxylation sites is 1. The van der Waals surface area contributed by atoms with Gasteiger partial charge >= 0.3 is 0 Å². The molecule has 1 unspecified atom stereocenters. The van der Waals surface area contributed by atoms with Crippen LogP contribution in [0.15, 0.2) is 36.4 Å². The van der Waals surface area contributed by atoms with Crippen molar-refractivity contribution in [3.63, 3.8) is 0 Å². The second-order valence-electron chi connectivity index (χ2n) is 5.38. The molecule has 0 fully saturated rings. The molecule has 100 valence electrons. The highest BCUT2D eigenvalue weighted by Crippen LogP contribution is 2.29. The Morgan fingerprint density at radius 2 is 2.00 bits per heavy atom. The Kier molecular flexibility index (Phi) is 2.49. The highest BCUT2D eigenvalue weighted by molar-refractivity contribution is 5.71. The molecule has 1 aliphatic heterocycles. The topological polar surface area (TPSA) is 53.6 Å². The fraction of sp³-hybridized carbons (Fsp3) is 0.250. The molecule has 2 N–H and O–H groups in total. The third-order valence-electron chi connectivity index (χ3n) is 3.91. The number of H-pyrrole nitrogens is 1. The SMILES string of the molecule is Cc1ccc2[nH]c(C3CNc4ccccc4C3)nc2n1. The van der Waals surface area contributed by atoms with E-state index >= 15 is 0 Å². The fourth-order valence-electron chi connectivity index (χ4n) is 2.83. The second-order valence-corrected chi connectivity index (χ2v) is 5.38. The number of nitrogens with one attached hydrogen (secondary N) is 2. The van der Waals surface area contributed by atoms with Crippen LogP contribution in [0.4, 0.5) is 5.69 Å². The van der Waals surface area contributed by atoms with Crippen molar-refractivity contribution in [2.24, 2.45) is 0 Å². The Bertz CT molecular complexity index is 775. The van der Waals surface area contributed by atoms with Crippen LogP contribution in [0.1, 0.15) is 23.0 Å². The first-order valence-electron chi connectivity index (χ1n) is 6.94. The number of anilines is 1. The molecule has 3 heterocycles. The molecule has 0 bridgehead atoms. The molecule has 0 aliphatic carbocycles. The van der Waals surface area contributed by atoms with Crippen molar-refractivity contribution in [1.29, 1.82) is 0 Å². The van der Waals surface area contributed by atoms with Crippen LogP contribution in [0.3, 0.4) is 0 Å². The van der Waals surface area contributed by atoms with Gasteiger partial charge in [0.25, 0.3) is 0 Å². The van der Waals surface area contributed by atoms with Gasteiger partial charge in [0.15, 0.2) is 5.65 Å². The summed E-state index contributed by atoms with van der Waals surface area (Å²) in [5.74, 6) is 1.40. The number of hydrogen-bond acceptors (Lipinski definition) is 3. The molecule has 1 aromatic carbocycles. The summed E-state index contributed by atoms with van der Waals surface area (Å²) in [5.41, 5.74) is 5.44. The number of aromatic nitrogens is 3. The predicted molar refractivity (Wildman–Crippen MR) is 80.0 cm³/mol. The van der Waals surface area contributed by atoms with E-state index in [0.717, 1.165) is 35.6 Å². The molecular formula is C16H16N4. The monoisotopic (exact) mass is 264 g/mol. The minimum Gasteiger partial charge on any atom is -0.384 e. The molecule has 0 spiro atoms. The van der Waals surface area contributed by atoms with Crippen molar-refractivity contribution in [1.82, 2.24) is 15.0 Å². The van der Waals surface area contributed by atoms with Gasteiger partial charge in [-0.3, -0.25) is 0 Å². The summed E-state index contributed by atoms with van der Waals surface area (Å²) in [7, 11) is 0. The smallest absolute Gasteiger partial charge is 0.177 e. The van der Waals surface area contributed by atoms with Gasteiger partial charge in [0.1, 0.15) is 5.82 Å². The van der Waals surface area contributed by atoms with E-state index in [1.54, 1.807) is 0 Å². The van der Waals surface area contributed by atoms with Gasteiger partial charge in [-0.15, -0.1) is 0 Å². The lowest BCUT2D eigenvalue weighted by Gasteiger charge is -2.24. The summed E-state index contributed by atoms with van der Waals surface area (Å²) >= 11 is 0. The lowest BCUT2D eigenvalue weighted by Crippen LogP contribution is -2.22. The summed E-state index contributed by atoms with van der Waals surface area (Å²) in [6.45, 7) is 2.90. The Balaban J connectivity index is 1.70. The van der Waals surface area contributed by atoms with Gasteiger partial charge in [0.2, 0.25) is 0 Å². The first-order valence-corrected chi connectivity index (χ1v) is 6.94. The highest BCUT2D eigenvalue weighted by atomic mass is 15.0. The standard InChI is InChI=1S/C16H16N4/c1-10-6-7-14-16(18-10)20-15(19-14)12-8-11-4-2-3-5-13(11)17-9-12/h2-7,12,17H,8-9H2,1H3,(H,18,19,20). The van der Waals surface area contributed by atoms with Crippen LogP contribution in [-0.2, 0) is 6.42 Å². The van der Waals surface area contributed by atoms with Crippen LogP contribution in [0.5, 0.6) is 0 Å². The minimum atomic E-state index is 0.374. The van der Waals surface area contributed by atoms with E-state index in [1.807, 2.05) is 13.0 Å². The van der Waals surface area contributed by atoms with E-state index in [4.69, 9.17) is 0 Å². The van der Waals surface area contributed by atoms with Gasteiger partial charge in [-0.1, -0.05) is 18.2 Å². The van der Waals surface area contributed by atoms with Crippen LogP contribution >= 0.6 is 0 Å². The van der Waals surface area contributed by atoms with E-state index in [0.29, 0.717) is 5.92 Å². The number of pyridine rings is 1. The Morgan fingerprint density at radius 1 is 1.10 bits per heavy atom. The molecule has 0 saturated heterocycles. The van der Waals surface area contributed by atoms with Gasteiger partial charge in [-0.25, -0.2) is 9.97 Å². The lowest BCUT2D eigenvalue weighted by molar-refractivity contribution is 0.659. The Morgan fingerprint density at radius 3 is 2.95 bits per heavy atom. The van der Waals surface area contributed by atoms with Crippen molar-refractivity contribution >= 4 is 16.9 Å².